The number of carbonyl (C=O) groups excluding carboxylic acids is 1. The minimum absolute atomic E-state index is 0.176. The van der Waals surface area contributed by atoms with E-state index in [9.17, 15) is 4.79 Å². The first kappa shape index (κ1) is 21.4. The standard InChI is InChI=1S/C24H26N4O5/c1-30-22-7-4-17-23(28-22)18(8-9-25-17)27-24(29)20-6-3-16(14-33-20)26-13-15-2-5-19-21(12-15)32-11-10-31-19/h2,4-5,7-9,12,16,20,26H,3,6,10-11,13-14H2,1H3,(H,25,27,29)/t16-,20+/m1/s1. The molecule has 3 aromatic rings. The second kappa shape index (κ2) is 9.60. The van der Waals surface area contributed by atoms with Crippen molar-refractivity contribution in [3.05, 3.63) is 48.2 Å². The normalized spacial score (nSPS) is 19.8. The number of anilines is 1. The predicted octanol–water partition coefficient (Wildman–Crippen LogP) is 2.69. The summed E-state index contributed by atoms with van der Waals surface area (Å²) in [4.78, 5) is 21.5. The Balaban J connectivity index is 1.14. The van der Waals surface area contributed by atoms with Crippen LogP contribution >= 0.6 is 0 Å². The molecule has 9 nitrogen and oxygen atoms in total. The second-order valence-electron chi connectivity index (χ2n) is 8.02. The van der Waals surface area contributed by atoms with Crippen LogP contribution in [-0.4, -0.2) is 55.0 Å². The van der Waals surface area contributed by atoms with Crippen molar-refractivity contribution in [2.24, 2.45) is 0 Å². The highest BCUT2D eigenvalue weighted by molar-refractivity contribution is 6.01. The Labute approximate surface area is 191 Å². The van der Waals surface area contributed by atoms with Gasteiger partial charge in [0, 0.05) is 24.8 Å². The van der Waals surface area contributed by atoms with Gasteiger partial charge in [0.25, 0.3) is 5.91 Å². The summed E-state index contributed by atoms with van der Waals surface area (Å²) in [7, 11) is 1.55. The van der Waals surface area contributed by atoms with Gasteiger partial charge in [-0.2, -0.15) is 0 Å². The molecule has 0 saturated carbocycles. The molecule has 0 unspecified atom stereocenters. The van der Waals surface area contributed by atoms with Crippen molar-refractivity contribution >= 4 is 22.6 Å². The average Bonchev–Trinajstić information content (AvgIpc) is 2.87. The van der Waals surface area contributed by atoms with Crippen LogP contribution in [0, 0.1) is 0 Å². The maximum absolute atomic E-state index is 12.8. The Kier molecular flexibility index (Phi) is 6.23. The zero-order chi connectivity index (χ0) is 22.6. The van der Waals surface area contributed by atoms with Crippen molar-refractivity contribution in [2.45, 2.75) is 31.5 Å². The third kappa shape index (κ3) is 4.84. The minimum Gasteiger partial charge on any atom is -0.486 e. The molecule has 2 atom stereocenters. The highest BCUT2D eigenvalue weighted by Crippen LogP contribution is 2.31. The number of methoxy groups -OCH3 is 1. The van der Waals surface area contributed by atoms with Crippen LogP contribution in [0.3, 0.4) is 0 Å². The van der Waals surface area contributed by atoms with E-state index in [0.717, 1.165) is 23.5 Å². The first-order valence-corrected chi connectivity index (χ1v) is 11.0. The highest BCUT2D eigenvalue weighted by atomic mass is 16.6. The van der Waals surface area contributed by atoms with Gasteiger partial charge >= 0.3 is 0 Å². The molecule has 2 N–H and O–H groups in total. The molecule has 2 aliphatic heterocycles. The van der Waals surface area contributed by atoms with Crippen molar-refractivity contribution in [3.8, 4) is 17.4 Å². The number of nitrogens with zero attached hydrogens (tertiary/aromatic N) is 2. The lowest BCUT2D eigenvalue weighted by molar-refractivity contribution is -0.131. The van der Waals surface area contributed by atoms with E-state index in [1.807, 2.05) is 24.3 Å². The summed E-state index contributed by atoms with van der Waals surface area (Å²) >= 11 is 0. The van der Waals surface area contributed by atoms with Crippen LogP contribution < -0.4 is 24.8 Å². The Bertz CT molecular complexity index is 1150. The van der Waals surface area contributed by atoms with Crippen LogP contribution in [0.1, 0.15) is 18.4 Å². The van der Waals surface area contributed by atoms with Gasteiger partial charge in [-0.3, -0.25) is 9.78 Å². The Hall–Kier alpha value is -3.43. The second-order valence-corrected chi connectivity index (χ2v) is 8.02. The van der Waals surface area contributed by atoms with Crippen molar-refractivity contribution in [1.29, 1.82) is 0 Å². The Morgan fingerprint density at radius 2 is 2.00 bits per heavy atom. The van der Waals surface area contributed by atoms with Gasteiger partial charge in [0.1, 0.15) is 24.8 Å². The van der Waals surface area contributed by atoms with Crippen molar-refractivity contribution in [3.63, 3.8) is 0 Å². The van der Waals surface area contributed by atoms with Gasteiger partial charge in [0.2, 0.25) is 5.88 Å². The van der Waals surface area contributed by atoms with Crippen LogP contribution in [0.15, 0.2) is 42.6 Å². The Morgan fingerprint density at radius 1 is 1.12 bits per heavy atom. The molecule has 0 bridgehead atoms. The summed E-state index contributed by atoms with van der Waals surface area (Å²) in [6.45, 7) is 2.31. The highest BCUT2D eigenvalue weighted by Gasteiger charge is 2.27. The van der Waals surface area contributed by atoms with Crippen molar-refractivity contribution < 1.29 is 23.7 Å². The first-order valence-electron chi connectivity index (χ1n) is 11.0. The van der Waals surface area contributed by atoms with E-state index < -0.39 is 6.10 Å². The fraction of sp³-hybridized carbons (Fsp3) is 0.375. The molecule has 2 aliphatic rings. The van der Waals surface area contributed by atoms with E-state index in [4.69, 9.17) is 18.9 Å². The molecule has 1 amide bonds. The minimum atomic E-state index is -0.508. The van der Waals surface area contributed by atoms with Gasteiger partial charge in [0.15, 0.2) is 11.5 Å². The number of carbonyl (C=O) groups is 1. The largest absolute Gasteiger partial charge is 0.486 e. The smallest absolute Gasteiger partial charge is 0.253 e. The third-order valence-corrected chi connectivity index (χ3v) is 5.80. The van der Waals surface area contributed by atoms with E-state index in [2.05, 4.69) is 20.6 Å². The number of benzene rings is 1. The molecule has 1 fully saturated rings. The number of nitrogens with one attached hydrogen (secondary N) is 2. The van der Waals surface area contributed by atoms with Crippen LogP contribution in [0.4, 0.5) is 5.69 Å². The zero-order valence-corrected chi connectivity index (χ0v) is 18.4. The molecule has 0 radical (unpaired) electrons. The molecule has 1 saturated heterocycles. The first-order chi connectivity index (χ1) is 16.2. The third-order valence-electron chi connectivity index (χ3n) is 5.80. The number of rotatable bonds is 6. The van der Waals surface area contributed by atoms with E-state index >= 15 is 0 Å². The van der Waals surface area contributed by atoms with Crippen LogP contribution in [0.2, 0.25) is 0 Å². The number of fused-ring (bicyclic) bond motifs is 2. The van der Waals surface area contributed by atoms with Gasteiger partial charge in [0.05, 0.1) is 24.9 Å². The Morgan fingerprint density at radius 3 is 2.82 bits per heavy atom. The van der Waals surface area contributed by atoms with Gasteiger partial charge in [-0.05, 0) is 42.7 Å². The topological polar surface area (TPSA) is 104 Å². The summed E-state index contributed by atoms with van der Waals surface area (Å²) < 4.78 is 22.3. The van der Waals surface area contributed by atoms with Crippen molar-refractivity contribution in [2.75, 3.05) is 32.2 Å². The maximum atomic E-state index is 12.8. The molecule has 0 spiro atoms. The molecule has 172 valence electrons. The molecule has 9 heteroatoms. The van der Waals surface area contributed by atoms with Crippen molar-refractivity contribution in [1.82, 2.24) is 15.3 Å². The SMILES string of the molecule is COc1ccc2nccc(NC(=O)[C@@H]3CC[C@@H](NCc4ccc5c(c4)OCCO5)CO3)c2n1. The molecule has 0 aliphatic carbocycles. The quantitative estimate of drug-likeness (QED) is 0.591. The molecule has 2 aromatic heterocycles. The number of aromatic nitrogens is 2. The number of ether oxygens (including phenoxy) is 4. The van der Waals surface area contributed by atoms with Gasteiger partial charge in [-0.15, -0.1) is 0 Å². The molecule has 1 aromatic carbocycles. The average molecular weight is 450 g/mol. The molecule has 4 heterocycles. The lowest BCUT2D eigenvalue weighted by Crippen LogP contribution is -2.43. The molecular formula is C24H26N4O5. The number of hydrogen-bond acceptors (Lipinski definition) is 8. The molecular weight excluding hydrogens is 424 g/mol. The summed E-state index contributed by atoms with van der Waals surface area (Å²) in [6, 6.07) is 11.4. The molecule has 33 heavy (non-hydrogen) atoms. The van der Waals surface area contributed by atoms with E-state index in [1.165, 1.54) is 0 Å². The molecule has 5 rings (SSSR count). The monoisotopic (exact) mass is 450 g/mol. The van der Waals surface area contributed by atoms with Crippen LogP contribution in [0.25, 0.3) is 11.0 Å². The number of amides is 1. The van der Waals surface area contributed by atoms with Gasteiger partial charge in [-0.25, -0.2) is 4.98 Å². The summed E-state index contributed by atoms with van der Waals surface area (Å²) in [5.41, 5.74) is 2.97. The summed E-state index contributed by atoms with van der Waals surface area (Å²) in [6.07, 6.45) is 2.60. The maximum Gasteiger partial charge on any atom is 0.253 e. The number of pyridine rings is 2. The van der Waals surface area contributed by atoms with E-state index in [0.29, 0.717) is 55.4 Å². The number of hydrogen-bond donors (Lipinski definition) is 2. The van der Waals surface area contributed by atoms with Crippen LogP contribution in [0.5, 0.6) is 17.4 Å². The van der Waals surface area contributed by atoms with E-state index in [1.54, 1.807) is 25.4 Å². The van der Waals surface area contributed by atoms with Gasteiger partial charge < -0.3 is 29.6 Å². The zero-order valence-electron chi connectivity index (χ0n) is 18.4. The van der Waals surface area contributed by atoms with Gasteiger partial charge in [-0.1, -0.05) is 6.07 Å². The lowest BCUT2D eigenvalue weighted by Gasteiger charge is -2.29. The lowest BCUT2D eigenvalue weighted by atomic mass is 10.0. The predicted molar refractivity (Wildman–Crippen MR) is 122 cm³/mol. The summed E-state index contributed by atoms with van der Waals surface area (Å²) in [5, 5.41) is 6.44. The summed E-state index contributed by atoms with van der Waals surface area (Å²) in [5.74, 6) is 1.85. The fourth-order valence-electron chi connectivity index (χ4n) is 4.01. The van der Waals surface area contributed by atoms with Crippen LogP contribution in [-0.2, 0) is 16.1 Å². The fourth-order valence-corrected chi connectivity index (χ4v) is 4.01. The van der Waals surface area contributed by atoms with E-state index in [-0.39, 0.29) is 11.9 Å².